The van der Waals surface area contributed by atoms with Crippen LogP contribution in [-0.2, 0) is 24.3 Å². The third-order valence-corrected chi connectivity index (χ3v) is 5.00. The summed E-state index contributed by atoms with van der Waals surface area (Å²) in [4.78, 5) is 15.0. The Morgan fingerprint density at radius 2 is 2.08 bits per heavy atom. The largest absolute Gasteiger partial charge is 0.339 e. The van der Waals surface area contributed by atoms with E-state index in [-0.39, 0.29) is 5.92 Å². The van der Waals surface area contributed by atoms with Crippen molar-refractivity contribution < 1.29 is 4.79 Å². The van der Waals surface area contributed by atoms with Gasteiger partial charge in [-0.2, -0.15) is 5.26 Å². The standard InChI is InChI=1S/C21H25N3O/c1-2-24-15-18(11-20(24)13-22)14-23-10-6-9-19(16-23)21(25)12-17-7-4-3-5-8-17/h3-5,7-8,11,15,19H,2,6,9-10,12,14,16H2,1H3/t19-/m0/s1. The van der Waals surface area contributed by atoms with Gasteiger partial charge in [-0.25, -0.2) is 0 Å². The molecule has 0 N–H and O–H groups in total. The summed E-state index contributed by atoms with van der Waals surface area (Å²) in [6.45, 7) is 5.51. The lowest BCUT2D eigenvalue weighted by atomic mass is 9.90. The highest BCUT2D eigenvalue weighted by Crippen LogP contribution is 2.21. The third kappa shape index (κ3) is 4.37. The molecule has 0 aliphatic carbocycles. The highest BCUT2D eigenvalue weighted by molar-refractivity contribution is 5.83. The van der Waals surface area contributed by atoms with Crippen LogP contribution >= 0.6 is 0 Å². The summed E-state index contributed by atoms with van der Waals surface area (Å²) in [6, 6.07) is 14.2. The maximum Gasteiger partial charge on any atom is 0.141 e. The zero-order valence-corrected chi connectivity index (χ0v) is 14.8. The van der Waals surface area contributed by atoms with E-state index >= 15 is 0 Å². The van der Waals surface area contributed by atoms with E-state index in [1.807, 2.05) is 47.9 Å². The van der Waals surface area contributed by atoms with Crippen molar-refractivity contribution >= 4 is 5.78 Å². The monoisotopic (exact) mass is 335 g/mol. The first-order valence-electron chi connectivity index (χ1n) is 9.07. The van der Waals surface area contributed by atoms with Gasteiger partial charge in [-0.3, -0.25) is 9.69 Å². The number of carbonyl (C=O) groups excluding carboxylic acids is 1. The molecule has 1 aromatic carbocycles. The number of aryl methyl sites for hydroxylation is 1. The molecule has 4 nitrogen and oxygen atoms in total. The van der Waals surface area contributed by atoms with Gasteiger partial charge in [0.15, 0.2) is 0 Å². The molecule has 1 aromatic heterocycles. The molecule has 0 spiro atoms. The fourth-order valence-electron chi connectivity index (χ4n) is 3.67. The summed E-state index contributed by atoms with van der Waals surface area (Å²) >= 11 is 0. The number of piperidine rings is 1. The molecule has 0 amide bonds. The van der Waals surface area contributed by atoms with Gasteiger partial charge in [0.05, 0.1) is 0 Å². The minimum atomic E-state index is 0.123. The Balaban J connectivity index is 1.60. The van der Waals surface area contributed by atoms with Crippen LogP contribution in [0.15, 0.2) is 42.6 Å². The Hall–Kier alpha value is -2.38. The van der Waals surface area contributed by atoms with Crippen LogP contribution in [0.2, 0.25) is 0 Å². The molecule has 130 valence electrons. The number of rotatable bonds is 6. The van der Waals surface area contributed by atoms with E-state index in [1.165, 1.54) is 0 Å². The fourth-order valence-corrected chi connectivity index (χ4v) is 3.67. The van der Waals surface area contributed by atoms with Crippen LogP contribution in [0.4, 0.5) is 0 Å². The summed E-state index contributed by atoms with van der Waals surface area (Å²) in [5, 5.41) is 9.19. The summed E-state index contributed by atoms with van der Waals surface area (Å²) < 4.78 is 1.98. The molecule has 2 aromatic rings. The minimum Gasteiger partial charge on any atom is -0.339 e. The summed E-state index contributed by atoms with van der Waals surface area (Å²) in [7, 11) is 0. The van der Waals surface area contributed by atoms with Gasteiger partial charge in [0, 0.05) is 38.2 Å². The summed E-state index contributed by atoms with van der Waals surface area (Å²) in [6.07, 6.45) is 4.64. The predicted octanol–water partition coefficient (Wildman–Crippen LogP) is 3.40. The van der Waals surface area contributed by atoms with Crippen molar-refractivity contribution in [3.05, 3.63) is 59.4 Å². The van der Waals surface area contributed by atoms with E-state index in [0.717, 1.165) is 50.1 Å². The average molecular weight is 335 g/mol. The van der Waals surface area contributed by atoms with Crippen LogP contribution in [0.1, 0.15) is 36.6 Å². The second-order valence-electron chi connectivity index (χ2n) is 6.83. The third-order valence-electron chi connectivity index (χ3n) is 5.00. The number of carbonyl (C=O) groups is 1. The molecule has 4 heteroatoms. The number of nitriles is 1. The molecule has 1 fully saturated rings. The molecule has 1 saturated heterocycles. The number of hydrogen-bond donors (Lipinski definition) is 0. The minimum absolute atomic E-state index is 0.123. The van der Waals surface area contributed by atoms with Gasteiger partial charge in [0.1, 0.15) is 17.5 Å². The number of hydrogen-bond acceptors (Lipinski definition) is 3. The molecule has 3 rings (SSSR count). The van der Waals surface area contributed by atoms with E-state index in [9.17, 15) is 10.1 Å². The zero-order valence-electron chi connectivity index (χ0n) is 14.8. The number of benzene rings is 1. The Morgan fingerprint density at radius 3 is 2.76 bits per heavy atom. The van der Waals surface area contributed by atoms with Crippen molar-refractivity contribution in [2.45, 2.75) is 39.3 Å². The van der Waals surface area contributed by atoms with Gasteiger partial charge in [0.25, 0.3) is 0 Å². The molecule has 2 heterocycles. The average Bonchev–Trinajstić information content (AvgIpc) is 3.04. The van der Waals surface area contributed by atoms with Crippen molar-refractivity contribution in [3.63, 3.8) is 0 Å². The summed E-state index contributed by atoms with van der Waals surface area (Å²) in [5.41, 5.74) is 2.98. The fraction of sp³-hybridized carbons (Fsp3) is 0.429. The molecule has 0 radical (unpaired) electrons. The van der Waals surface area contributed by atoms with Crippen LogP contribution in [0.5, 0.6) is 0 Å². The second-order valence-corrected chi connectivity index (χ2v) is 6.83. The van der Waals surface area contributed by atoms with E-state index in [2.05, 4.69) is 17.2 Å². The van der Waals surface area contributed by atoms with Gasteiger partial charge in [-0.15, -0.1) is 0 Å². The molecular weight excluding hydrogens is 310 g/mol. The van der Waals surface area contributed by atoms with E-state index in [0.29, 0.717) is 17.9 Å². The summed E-state index contributed by atoms with van der Waals surface area (Å²) in [5.74, 6) is 0.470. The predicted molar refractivity (Wildman–Crippen MR) is 98.0 cm³/mol. The number of Topliss-reactive ketones (excluding diaryl/α,β-unsaturated/α-hetero) is 1. The van der Waals surface area contributed by atoms with Gasteiger partial charge >= 0.3 is 0 Å². The number of nitrogens with zero attached hydrogens (tertiary/aromatic N) is 3. The molecule has 0 saturated carbocycles. The molecule has 0 bridgehead atoms. The van der Waals surface area contributed by atoms with Crippen molar-refractivity contribution in [3.8, 4) is 6.07 Å². The maximum atomic E-state index is 12.6. The highest BCUT2D eigenvalue weighted by Gasteiger charge is 2.26. The van der Waals surface area contributed by atoms with Gasteiger partial charge in [-0.05, 0) is 43.5 Å². The van der Waals surface area contributed by atoms with Crippen LogP contribution in [-0.4, -0.2) is 28.3 Å². The molecule has 1 aliphatic rings. The maximum absolute atomic E-state index is 12.6. The Kier molecular flexibility index (Phi) is 5.67. The van der Waals surface area contributed by atoms with Crippen LogP contribution in [0, 0.1) is 17.2 Å². The SMILES string of the molecule is CCn1cc(CN2CCC[C@H](C(=O)Cc3ccccc3)C2)cc1C#N. The smallest absolute Gasteiger partial charge is 0.141 e. The zero-order chi connectivity index (χ0) is 17.6. The lowest BCUT2D eigenvalue weighted by molar-refractivity contribution is -0.123. The normalized spacial score (nSPS) is 18.0. The van der Waals surface area contributed by atoms with E-state index < -0.39 is 0 Å². The first-order chi connectivity index (χ1) is 12.2. The van der Waals surface area contributed by atoms with Gasteiger partial charge in [0.2, 0.25) is 0 Å². The highest BCUT2D eigenvalue weighted by atomic mass is 16.1. The van der Waals surface area contributed by atoms with Gasteiger partial charge in [-0.1, -0.05) is 30.3 Å². The van der Waals surface area contributed by atoms with Crippen molar-refractivity contribution in [2.75, 3.05) is 13.1 Å². The van der Waals surface area contributed by atoms with Crippen molar-refractivity contribution in [1.82, 2.24) is 9.47 Å². The molecule has 25 heavy (non-hydrogen) atoms. The lowest BCUT2D eigenvalue weighted by Crippen LogP contribution is -2.38. The lowest BCUT2D eigenvalue weighted by Gasteiger charge is -2.31. The van der Waals surface area contributed by atoms with Gasteiger partial charge < -0.3 is 4.57 Å². The second kappa shape index (κ2) is 8.13. The number of ketones is 1. The Labute approximate surface area is 149 Å². The van der Waals surface area contributed by atoms with Crippen LogP contribution in [0.25, 0.3) is 0 Å². The van der Waals surface area contributed by atoms with E-state index in [1.54, 1.807) is 0 Å². The van der Waals surface area contributed by atoms with Crippen LogP contribution in [0.3, 0.4) is 0 Å². The van der Waals surface area contributed by atoms with Crippen molar-refractivity contribution in [1.29, 1.82) is 5.26 Å². The molecular formula is C21H25N3O. The first-order valence-corrected chi connectivity index (χ1v) is 9.07. The quantitative estimate of drug-likeness (QED) is 0.813. The molecule has 1 aliphatic heterocycles. The number of likely N-dealkylation sites (tertiary alicyclic amines) is 1. The van der Waals surface area contributed by atoms with E-state index in [4.69, 9.17) is 0 Å². The topological polar surface area (TPSA) is 49.0 Å². The molecule has 0 unspecified atom stereocenters. The first kappa shape index (κ1) is 17.4. The molecule has 1 atom stereocenters. The number of aromatic nitrogens is 1. The Bertz CT molecular complexity index is 757. The van der Waals surface area contributed by atoms with Crippen molar-refractivity contribution in [2.24, 2.45) is 5.92 Å². The van der Waals surface area contributed by atoms with Crippen LogP contribution < -0.4 is 0 Å². The Morgan fingerprint density at radius 1 is 1.28 bits per heavy atom.